The van der Waals surface area contributed by atoms with Crippen LogP contribution in [0.1, 0.15) is 42.8 Å². The molecule has 0 aliphatic carbocycles. The molecule has 4 rings (SSSR count). The number of hydrogen-bond acceptors (Lipinski definition) is 4. The summed E-state index contributed by atoms with van der Waals surface area (Å²) in [6.45, 7) is 7.34. The molecule has 0 N–H and O–H groups in total. The molecule has 2 amide bonds. The first-order valence-corrected chi connectivity index (χ1v) is 10.2. The topological polar surface area (TPSA) is 52.8 Å². The van der Waals surface area contributed by atoms with E-state index in [9.17, 15) is 9.18 Å². The maximum Gasteiger partial charge on any atom is 0.320 e. The molecule has 2 aliphatic heterocycles. The number of aromatic nitrogens is 1. The second kappa shape index (κ2) is 7.78. The first-order valence-electron chi connectivity index (χ1n) is 10.2. The van der Waals surface area contributed by atoms with Gasteiger partial charge < -0.3 is 14.3 Å². The van der Waals surface area contributed by atoms with Crippen LogP contribution >= 0.6 is 0 Å². The number of carbonyl (C=O) groups excluding carboxylic acids is 1. The van der Waals surface area contributed by atoms with Gasteiger partial charge in [0.15, 0.2) is 5.76 Å². The Morgan fingerprint density at radius 2 is 2.07 bits per heavy atom. The molecule has 3 atom stereocenters. The third-order valence-corrected chi connectivity index (χ3v) is 6.11. The van der Waals surface area contributed by atoms with Gasteiger partial charge in [0.2, 0.25) is 0 Å². The van der Waals surface area contributed by atoms with E-state index in [4.69, 9.17) is 4.52 Å². The van der Waals surface area contributed by atoms with Crippen LogP contribution in [0.2, 0.25) is 0 Å². The van der Waals surface area contributed by atoms with E-state index in [0.717, 1.165) is 30.1 Å². The normalized spacial score (nSPS) is 24.3. The number of amides is 2. The fourth-order valence-electron chi connectivity index (χ4n) is 4.73. The maximum absolute atomic E-state index is 13.9. The van der Waals surface area contributed by atoms with Crippen LogP contribution < -0.4 is 0 Å². The zero-order valence-corrected chi connectivity index (χ0v) is 17.5. The van der Waals surface area contributed by atoms with Crippen molar-refractivity contribution in [3.8, 4) is 0 Å². The van der Waals surface area contributed by atoms with Gasteiger partial charge in [-0.1, -0.05) is 31.1 Å². The van der Waals surface area contributed by atoms with E-state index in [-0.39, 0.29) is 23.8 Å². The Hall–Kier alpha value is -2.41. The Morgan fingerprint density at radius 3 is 2.72 bits per heavy atom. The number of carbonyl (C=O) groups is 1. The monoisotopic (exact) mass is 400 g/mol. The molecule has 2 aliphatic rings. The van der Waals surface area contributed by atoms with Crippen LogP contribution in [0, 0.1) is 17.7 Å². The summed E-state index contributed by atoms with van der Waals surface area (Å²) in [5.41, 5.74) is 1.84. The third kappa shape index (κ3) is 3.88. The van der Waals surface area contributed by atoms with Crippen molar-refractivity contribution in [1.82, 2.24) is 19.9 Å². The van der Waals surface area contributed by atoms with Gasteiger partial charge in [0, 0.05) is 45.7 Å². The molecule has 6 nitrogen and oxygen atoms in total. The Labute approximate surface area is 171 Å². The molecule has 0 bridgehead atoms. The predicted molar refractivity (Wildman–Crippen MR) is 108 cm³/mol. The van der Waals surface area contributed by atoms with E-state index in [2.05, 4.69) is 23.9 Å². The van der Waals surface area contributed by atoms with Gasteiger partial charge >= 0.3 is 6.03 Å². The van der Waals surface area contributed by atoms with Gasteiger partial charge in [-0.25, -0.2) is 9.18 Å². The Balaban J connectivity index is 1.54. The minimum atomic E-state index is -0.263. The van der Waals surface area contributed by atoms with Crippen molar-refractivity contribution in [2.24, 2.45) is 11.8 Å². The van der Waals surface area contributed by atoms with Gasteiger partial charge in [-0.15, -0.1) is 0 Å². The highest BCUT2D eigenvalue weighted by molar-refractivity contribution is 5.75. The average molecular weight is 400 g/mol. The lowest BCUT2D eigenvalue weighted by atomic mass is 9.89. The number of nitrogens with zero attached hydrogens (tertiary/aromatic N) is 4. The molecule has 3 heterocycles. The lowest BCUT2D eigenvalue weighted by molar-refractivity contribution is 0.150. The summed E-state index contributed by atoms with van der Waals surface area (Å²) in [4.78, 5) is 18.7. The van der Waals surface area contributed by atoms with Crippen LogP contribution in [0.15, 0.2) is 34.9 Å². The Bertz CT molecular complexity index is 881. The molecule has 7 heteroatoms. The predicted octanol–water partition coefficient (Wildman–Crippen LogP) is 3.72. The standard InChI is InChI=1S/C22H29FN4O2/c1-14(2)20-9-18(29-24-20)12-26-10-16-11-27(22(28)25(3)4)21(19(16)13-26)15-6-5-7-17(23)8-15/h5-9,14,16,19,21H,10-13H2,1-4H3/t16-,19-,21+/m1/s1. The number of rotatable bonds is 4. The zero-order chi connectivity index (χ0) is 20.7. The van der Waals surface area contributed by atoms with E-state index < -0.39 is 0 Å². The number of benzene rings is 1. The fraction of sp³-hybridized carbons (Fsp3) is 0.545. The lowest BCUT2D eigenvalue weighted by Gasteiger charge is -2.31. The molecule has 1 aromatic heterocycles. The highest BCUT2D eigenvalue weighted by atomic mass is 19.1. The van der Waals surface area contributed by atoms with Crippen LogP contribution in [0.4, 0.5) is 9.18 Å². The number of urea groups is 1. The number of fused-ring (bicyclic) bond motifs is 1. The molecule has 0 unspecified atom stereocenters. The minimum absolute atomic E-state index is 0.0166. The summed E-state index contributed by atoms with van der Waals surface area (Å²) in [6, 6.07) is 8.58. The summed E-state index contributed by atoms with van der Waals surface area (Å²) < 4.78 is 19.5. The van der Waals surface area contributed by atoms with Crippen molar-refractivity contribution in [3.63, 3.8) is 0 Å². The van der Waals surface area contributed by atoms with E-state index >= 15 is 0 Å². The van der Waals surface area contributed by atoms with E-state index in [1.807, 2.05) is 17.0 Å². The van der Waals surface area contributed by atoms with E-state index in [1.54, 1.807) is 31.1 Å². The second-order valence-corrected chi connectivity index (χ2v) is 8.82. The minimum Gasteiger partial charge on any atom is -0.360 e. The number of likely N-dealkylation sites (tertiary alicyclic amines) is 2. The highest BCUT2D eigenvalue weighted by Crippen LogP contribution is 2.45. The van der Waals surface area contributed by atoms with E-state index in [0.29, 0.717) is 24.9 Å². The molecular weight excluding hydrogens is 371 g/mol. The van der Waals surface area contributed by atoms with Crippen molar-refractivity contribution in [3.05, 3.63) is 53.2 Å². The molecule has 29 heavy (non-hydrogen) atoms. The molecular formula is C22H29FN4O2. The Morgan fingerprint density at radius 1 is 1.28 bits per heavy atom. The number of halogens is 1. The van der Waals surface area contributed by atoms with Crippen LogP contribution in [-0.2, 0) is 6.54 Å². The quantitative estimate of drug-likeness (QED) is 0.785. The summed E-state index contributed by atoms with van der Waals surface area (Å²) >= 11 is 0. The van der Waals surface area contributed by atoms with Gasteiger partial charge in [-0.2, -0.15) is 0 Å². The molecule has 156 valence electrons. The van der Waals surface area contributed by atoms with Gasteiger partial charge in [0.1, 0.15) is 5.82 Å². The molecule has 2 fully saturated rings. The van der Waals surface area contributed by atoms with Gasteiger partial charge in [0.25, 0.3) is 0 Å². The molecule has 2 saturated heterocycles. The molecule has 0 saturated carbocycles. The summed E-state index contributed by atoms with van der Waals surface area (Å²) in [7, 11) is 3.53. The first kappa shape index (κ1) is 19.9. The Kier molecular flexibility index (Phi) is 5.34. The number of hydrogen-bond donors (Lipinski definition) is 0. The summed E-state index contributed by atoms with van der Waals surface area (Å²) in [6.07, 6.45) is 0. The van der Waals surface area contributed by atoms with Gasteiger partial charge in [-0.3, -0.25) is 4.90 Å². The van der Waals surface area contributed by atoms with Crippen molar-refractivity contribution in [1.29, 1.82) is 0 Å². The van der Waals surface area contributed by atoms with Gasteiger partial charge in [0.05, 0.1) is 18.3 Å². The van der Waals surface area contributed by atoms with Gasteiger partial charge in [-0.05, 0) is 29.5 Å². The molecule has 0 radical (unpaired) electrons. The van der Waals surface area contributed by atoms with Crippen LogP contribution in [0.3, 0.4) is 0 Å². The lowest BCUT2D eigenvalue weighted by Crippen LogP contribution is -2.41. The van der Waals surface area contributed by atoms with Crippen LogP contribution in [0.5, 0.6) is 0 Å². The molecule has 2 aromatic rings. The first-order chi connectivity index (χ1) is 13.8. The zero-order valence-electron chi connectivity index (χ0n) is 17.5. The van der Waals surface area contributed by atoms with Crippen molar-refractivity contribution in [2.45, 2.75) is 32.4 Å². The van der Waals surface area contributed by atoms with Crippen LogP contribution in [0.25, 0.3) is 0 Å². The van der Waals surface area contributed by atoms with Crippen LogP contribution in [-0.4, -0.2) is 59.6 Å². The third-order valence-electron chi connectivity index (χ3n) is 6.11. The molecule has 1 aromatic carbocycles. The SMILES string of the molecule is CC(C)c1cc(CN2C[C@@H]3CN(C(=O)N(C)C)[C@@H](c4cccc(F)c4)[C@@H]3C2)on1. The largest absolute Gasteiger partial charge is 0.360 e. The van der Waals surface area contributed by atoms with Crippen molar-refractivity contribution >= 4 is 6.03 Å². The molecule has 0 spiro atoms. The van der Waals surface area contributed by atoms with Crippen molar-refractivity contribution in [2.75, 3.05) is 33.7 Å². The highest BCUT2D eigenvalue weighted by Gasteiger charge is 2.49. The fourth-order valence-corrected chi connectivity index (χ4v) is 4.73. The smallest absolute Gasteiger partial charge is 0.320 e. The van der Waals surface area contributed by atoms with E-state index in [1.165, 1.54) is 6.07 Å². The summed E-state index contributed by atoms with van der Waals surface area (Å²) in [5.74, 6) is 1.58. The average Bonchev–Trinajstić information content (AvgIpc) is 3.35. The second-order valence-electron chi connectivity index (χ2n) is 8.82. The van der Waals surface area contributed by atoms with Crippen molar-refractivity contribution < 1.29 is 13.7 Å². The maximum atomic E-state index is 13.9. The summed E-state index contributed by atoms with van der Waals surface area (Å²) in [5, 5.41) is 4.16.